The fraction of sp³-hybridized carbons (Fsp3) is 0.250. The molecule has 0 bridgehead atoms. The van der Waals surface area contributed by atoms with E-state index in [0.29, 0.717) is 0 Å². The molecular formula is C8H14OSi2. The van der Waals surface area contributed by atoms with Crippen molar-refractivity contribution in [2.24, 2.45) is 0 Å². The zero-order valence-corrected chi connectivity index (χ0v) is 10.5. The zero-order valence-electron chi connectivity index (χ0n) is 7.13. The molecule has 1 aromatic rings. The summed E-state index contributed by atoms with van der Waals surface area (Å²) in [6.07, 6.45) is 0. The third kappa shape index (κ3) is 2.51. The Hall–Kier alpha value is -0.546. The first kappa shape index (κ1) is 8.55. The molecular weight excluding hydrogens is 168 g/mol. The molecule has 0 fully saturated rings. The molecule has 0 saturated carbocycles. The minimum atomic E-state index is 0.145. The van der Waals surface area contributed by atoms with Crippen molar-refractivity contribution < 1.29 is 4.74 Å². The SMILES string of the molecule is CCOc1ccc([SiH2][SiH3])cc1. The average molecular weight is 182 g/mol. The van der Waals surface area contributed by atoms with Crippen LogP contribution in [-0.4, -0.2) is 25.4 Å². The number of ether oxygens (including phenoxy) is 1. The van der Waals surface area contributed by atoms with Gasteiger partial charge < -0.3 is 4.74 Å². The van der Waals surface area contributed by atoms with E-state index in [-0.39, 0.29) is 9.04 Å². The average Bonchev–Trinajstić information content (AvgIpc) is 2.07. The Bertz CT molecular complexity index is 208. The van der Waals surface area contributed by atoms with Gasteiger partial charge in [0.1, 0.15) is 5.75 Å². The summed E-state index contributed by atoms with van der Waals surface area (Å²) in [5.41, 5.74) is 0. The van der Waals surface area contributed by atoms with Crippen molar-refractivity contribution in [3.8, 4) is 5.75 Å². The van der Waals surface area contributed by atoms with E-state index >= 15 is 0 Å². The van der Waals surface area contributed by atoms with Crippen molar-refractivity contribution in [3.63, 3.8) is 0 Å². The summed E-state index contributed by atoms with van der Waals surface area (Å²) in [7, 11) is 1.52. The van der Waals surface area contributed by atoms with Gasteiger partial charge in [-0.25, -0.2) is 0 Å². The zero-order chi connectivity index (χ0) is 8.10. The second-order valence-electron chi connectivity index (χ2n) is 2.43. The Morgan fingerprint density at radius 3 is 2.45 bits per heavy atom. The quantitative estimate of drug-likeness (QED) is 0.554. The molecule has 0 aliphatic rings. The lowest BCUT2D eigenvalue weighted by atomic mass is 10.3. The first-order valence-electron chi connectivity index (χ1n) is 4.08. The maximum absolute atomic E-state index is 5.33. The molecule has 11 heavy (non-hydrogen) atoms. The van der Waals surface area contributed by atoms with Crippen LogP contribution in [0.25, 0.3) is 0 Å². The van der Waals surface area contributed by atoms with Crippen LogP contribution in [0.5, 0.6) is 5.75 Å². The maximum Gasteiger partial charge on any atom is 0.119 e. The van der Waals surface area contributed by atoms with Gasteiger partial charge >= 0.3 is 0 Å². The van der Waals surface area contributed by atoms with Gasteiger partial charge in [0.15, 0.2) is 0 Å². The Morgan fingerprint density at radius 2 is 2.00 bits per heavy atom. The van der Waals surface area contributed by atoms with Crippen molar-refractivity contribution >= 4 is 24.0 Å². The second-order valence-corrected chi connectivity index (χ2v) is 6.08. The summed E-state index contributed by atoms with van der Waals surface area (Å²) < 4.78 is 5.33. The van der Waals surface area contributed by atoms with Gasteiger partial charge in [-0.2, -0.15) is 0 Å². The molecule has 60 valence electrons. The first-order chi connectivity index (χ1) is 5.36. The Morgan fingerprint density at radius 1 is 1.36 bits per heavy atom. The fourth-order valence-electron chi connectivity index (χ4n) is 0.988. The molecule has 0 unspecified atom stereocenters. The molecule has 0 N–H and O–H groups in total. The van der Waals surface area contributed by atoms with Crippen LogP contribution in [-0.2, 0) is 0 Å². The summed E-state index contributed by atoms with van der Waals surface area (Å²) in [6, 6.07) is 8.54. The molecule has 0 heterocycles. The van der Waals surface area contributed by atoms with E-state index in [1.165, 1.54) is 9.76 Å². The molecule has 0 aromatic heterocycles. The number of hydrogen-bond acceptors (Lipinski definition) is 1. The van der Waals surface area contributed by atoms with Gasteiger partial charge in [0.25, 0.3) is 0 Å². The minimum Gasteiger partial charge on any atom is -0.494 e. The largest absolute Gasteiger partial charge is 0.494 e. The van der Waals surface area contributed by atoms with E-state index in [2.05, 4.69) is 24.3 Å². The molecule has 1 aromatic carbocycles. The minimum absolute atomic E-state index is 0.145. The monoisotopic (exact) mass is 182 g/mol. The highest BCUT2D eigenvalue weighted by atomic mass is 29.1. The van der Waals surface area contributed by atoms with Gasteiger partial charge in [0, 0.05) is 9.04 Å². The van der Waals surface area contributed by atoms with E-state index in [0.717, 1.165) is 12.4 Å². The second kappa shape index (κ2) is 4.36. The third-order valence-electron chi connectivity index (χ3n) is 1.64. The van der Waals surface area contributed by atoms with Gasteiger partial charge in [-0.3, -0.25) is 0 Å². The molecule has 0 atom stereocenters. The van der Waals surface area contributed by atoms with Crippen LogP contribution in [0, 0.1) is 0 Å². The van der Waals surface area contributed by atoms with Crippen LogP contribution in [0.3, 0.4) is 0 Å². The van der Waals surface area contributed by atoms with Crippen LogP contribution in [0.1, 0.15) is 6.92 Å². The lowest BCUT2D eigenvalue weighted by Crippen LogP contribution is -2.12. The summed E-state index contributed by atoms with van der Waals surface area (Å²) in [5.74, 6) is 1.00. The van der Waals surface area contributed by atoms with E-state index in [1.54, 1.807) is 5.19 Å². The number of rotatable bonds is 3. The van der Waals surface area contributed by atoms with Gasteiger partial charge in [-0.05, 0) is 28.8 Å². The van der Waals surface area contributed by atoms with Crippen LogP contribution < -0.4 is 9.92 Å². The summed E-state index contributed by atoms with van der Waals surface area (Å²) >= 11 is 0. The van der Waals surface area contributed by atoms with E-state index < -0.39 is 0 Å². The standard InChI is InChI=1S/C8H14OSi2/c1-2-9-7-3-5-8(11-10)6-4-7/h3-6H,2,11H2,1,10H3. The predicted molar refractivity (Wildman–Crippen MR) is 55.7 cm³/mol. The Labute approximate surface area is 72.8 Å². The molecule has 0 amide bonds. The molecule has 0 radical (unpaired) electrons. The summed E-state index contributed by atoms with van der Waals surface area (Å²) in [6.45, 7) is 2.77. The van der Waals surface area contributed by atoms with E-state index in [1.807, 2.05) is 6.92 Å². The van der Waals surface area contributed by atoms with Crippen LogP contribution in [0.2, 0.25) is 0 Å². The summed E-state index contributed by atoms with van der Waals surface area (Å²) in [4.78, 5) is 0. The van der Waals surface area contributed by atoms with Crippen molar-refractivity contribution in [2.45, 2.75) is 6.92 Å². The van der Waals surface area contributed by atoms with Crippen molar-refractivity contribution in [1.29, 1.82) is 0 Å². The summed E-state index contributed by atoms with van der Waals surface area (Å²) in [5, 5.41) is 1.56. The van der Waals surface area contributed by atoms with Gasteiger partial charge in [-0.1, -0.05) is 17.3 Å². The smallest absolute Gasteiger partial charge is 0.119 e. The fourth-order valence-corrected chi connectivity index (χ4v) is 3.11. The van der Waals surface area contributed by atoms with Gasteiger partial charge in [-0.15, -0.1) is 0 Å². The topological polar surface area (TPSA) is 9.23 Å². The van der Waals surface area contributed by atoms with Crippen LogP contribution in [0.4, 0.5) is 0 Å². The molecule has 0 saturated heterocycles. The van der Waals surface area contributed by atoms with Gasteiger partial charge in [0.2, 0.25) is 0 Å². The molecule has 1 nitrogen and oxygen atoms in total. The Kier molecular flexibility index (Phi) is 3.39. The Balaban J connectivity index is 2.66. The van der Waals surface area contributed by atoms with Crippen LogP contribution in [0.15, 0.2) is 24.3 Å². The first-order valence-corrected chi connectivity index (χ1v) is 10.4. The molecule has 0 spiro atoms. The van der Waals surface area contributed by atoms with Crippen molar-refractivity contribution in [1.82, 2.24) is 0 Å². The molecule has 1 rings (SSSR count). The van der Waals surface area contributed by atoms with E-state index in [4.69, 9.17) is 4.74 Å². The van der Waals surface area contributed by atoms with Crippen molar-refractivity contribution in [2.75, 3.05) is 6.61 Å². The molecule has 0 aliphatic heterocycles. The third-order valence-corrected chi connectivity index (χ3v) is 5.38. The molecule has 3 heteroatoms. The maximum atomic E-state index is 5.33. The van der Waals surface area contributed by atoms with Crippen LogP contribution >= 0.6 is 0 Å². The normalized spacial score (nSPS) is 11.0. The molecule has 0 aliphatic carbocycles. The predicted octanol–water partition coefficient (Wildman–Crippen LogP) is -0.840. The van der Waals surface area contributed by atoms with Gasteiger partial charge in [0.05, 0.1) is 6.61 Å². The van der Waals surface area contributed by atoms with E-state index in [9.17, 15) is 0 Å². The highest BCUT2D eigenvalue weighted by molar-refractivity contribution is 6.97. The lowest BCUT2D eigenvalue weighted by molar-refractivity contribution is 0.340. The highest BCUT2D eigenvalue weighted by Crippen LogP contribution is 2.06. The lowest BCUT2D eigenvalue weighted by Gasteiger charge is -2.02. The van der Waals surface area contributed by atoms with Crippen molar-refractivity contribution in [3.05, 3.63) is 24.3 Å². The number of hydrogen-bond donors (Lipinski definition) is 0. The number of benzene rings is 1. The highest BCUT2D eigenvalue weighted by Gasteiger charge is 1.91.